The van der Waals surface area contributed by atoms with Gasteiger partial charge in [0.15, 0.2) is 5.82 Å². The van der Waals surface area contributed by atoms with Crippen molar-refractivity contribution in [1.29, 1.82) is 0 Å². The number of amides is 1. The van der Waals surface area contributed by atoms with Gasteiger partial charge >= 0.3 is 0 Å². The Morgan fingerprint density at radius 1 is 1.21 bits per heavy atom. The van der Waals surface area contributed by atoms with E-state index in [-0.39, 0.29) is 11.9 Å². The number of hydrogen-bond donors (Lipinski definition) is 0. The Kier molecular flexibility index (Phi) is 6.17. The smallest absolute Gasteiger partial charge is 0.222 e. The summed E-state index contributed by atoms with van der Waals surface area (Å²) in [5, 5.41) is 1.93. The number of aromatic nitrogens is 4. The van der Waals surface area contributed by atoms with Crippen LogP contribution in [0.1, 0.15) is 43.5 Å². The predicted molar refractivity (Wildman–Crippen MR) is 123 cm³/mol. The van der Waals surface area contributed by atoms with E-state index in [4.69, 9.17) is 9.72 Å². The van der Waals surface area contributed by atoms with Crippen LogP contribution in [0.5, 0.6) is 5.75 Å². The summed E-state index contributed by atoms with van der Waals surface area (Å²) in [5.74, 6) is 1.23. The Bertz CT molecular complexity index is 1140. The molecule has 2 aliphatic heterocycles. The van der Waals surface area contributed by atoms with E-state index < -0.39 is 5.95 Å². The van der Waals surface area contributed by atoms with E-state index >= 15 is 0 Å². The molecule has 10 heteroatoms. The average Bonchev–Trinajstić information content (AvgIpc) is 3.48. The number of nitrogens with zero attached hydrogens (tertiary/aromatic N) is 6. The minimum atomic E-state index is -0.578. The zero-order valence-electron chi connectivity index (χ0n) is 18.4. The molecule has 3 aromatic heterocycles. The SMILES string of the molecule is C[C@H]1c2cnc(-c3cscn3)nc2CCN1c1cc(OCCCN2CCCC2=O)cc(F)n1. The molecule has 33 heavy (non-hydrogen) atoms. The van der Waals surface area contributed by atoms with E-state index in [9.17, 15) is 9.18 Å². The molecular weight excluding hydrogens is 443 g/mol. The molecule has 1 saturated heterocycles. The maximum Gasteiger partial charge on any atom is 0.222 e. The number of pyridine rings is 1. The fourth-order valence-corrected chi connectivity index (χ4v) is 4.93. The number of fused-ring (bicyclic) bond motifs is 1. The zero-order chi connectivity index (χ0) is 22.8. The summed E-state index contributed by atoms with van der Waals surface area (Å²) >= 11 is 1.51. The van der Waals surface area contributed by atoms with Gasteiger partial charge in [-0.15, -0.1) is 11.3 Å². The van der Waals surface area contributed by atoms with Crippen LogP contribution in [0.2, 0.25) is 0 Å². The van der Waals surface area contributed by atoms with Crippen molar-refractivity contribution in [1.82, 2.24) is 24.8 Å². The fourth-order valence-electron chi connectivity index (χ4n) is 4.40. The summed E-state index contributed by atoms with van der Waals surface area (Å²) < 4.78 is 20.1. The molecule has 0 aromatic carbocycles. The maximum atomic E-state index is 14.3. The largest absolute Gasteiger partial charge is 0.493 e. The second-order valence-electron chi connectivity index (χ2n) is 8.26. The summed E-state index contributed by atoms with van der Waals surface area (Å²) in [6.07, 6.45) is 4.81. The van der Waals surface area contributed by atoms with Crippen molar-refractivity contribution in [3.63, 3.8) is 0 Å². The van der Waals surface area contributed by atoms with Gasteiger partial charge in [0.05, 0.1) is 23.9 Å². The lowest BCUT2D eigenvalue weighted by atomic mass is 9.99. The van der Waals surface area contributed by atoms with Gasteiger partial charge in [-0.2, -0.15) is 4.39 Å². The topological polar surface area (TPSA) is 84.3 Å². The van der Waals surface area contributed by atoms with Crippen molar-refractivity contribution in [3.05, 3.63) is 46.4 Å². The van der Waals surface area contributed by atoms with Gasteiger partial charge in [0.1, 0.15) is 17.3 Å². The molecule has 0 unspecified atom stereocenters. The number of carbonyl (C=O) groups is 1. The van der Waals surface area contributed by atoms with E-state index in [0.717, 1.165) is 29.9 Å². The molecule has 0 radical (unpaired) electrons. The normalized spacial score (nSPS) is 18.0. The van der Waals surface area contributed by atoms with Gasteiger partial charge < -0.3 is 14.5 Å². The standard InChI is InChI=1S/C23H25FN6O2S/c1-15-17-12-25-23(19-13-33-14-26-19)27-18(17)5-8-30(15)21-11-16(10-20(24)28-21)32-9-3-7-29-6-2-4-22(29)31/h10-15H,2-9H2,1H3/t15-/m0/s1. The minimum absolute atomic E-state index is 0.0541. The molecule has 0 bridgehead atoms. The van der Waals surface area contributed by atoms with Crippen LogP contribution in [0.4, 0.5) is 10.2 Å². The van der Waals surface area contributed by atoms with Gasteiger partial charge in [0.25, 0.3) is 0 Å². The monoisotopic (exact) mass is 468 g/mol. The van der Waals surface area contributed by atoms with Crippen molar-refractivity contribution >= 4 is 23.1 Å². The van der Waals surface area contributed by atoms with E-state index in [1.807, 2.05) is 28.3 Å². The number of carbonyl (C=O) groups excluding carboxylic acids is 1. The molecular formula is C23H25FN6O2S. The molecule has 1 atom stereocenters. The van der Waals surface area contributed by atoms with Crippen molar-refractivity contribution in [2.75, 3.05) is 31.1 Å². The molecule has 0 aliphatic carbocycles. The summed E-state index contributed by atoms with van der Waals surface area (Å²) in [6.45, 7) is 4.61. The Morgan fingerprint density at radius 3 is 2.91 bits per heavy atom. The van der Waals surface area contributed by atoms with Gasteiger partial charge in [-0.1, -0.05) is 0 Å². The highest BCUT2D eigenvalue weighted by atomic mass is 32.1. The third-order valence-corrected chi connectivity index (χ3v) is 6.72. The van der Waals surface area contributed by atoms with Crippen LogP contribution in [-0.2, 0) is 11.2 Å². The summed E-state index contributed by atoms with van der Waals surface area (Å²) in [5.41, 5.74) is 4.54. The van der Waals surface area contributed by atoms with E-state index in [1.165, 1.54) is 17.4 Å². The van der Waals surface area contributed by atoms with Crippen molar-refractivity contribution < 1.29 is 13.9 Å². The lowest BCUT2D eigenvalue weighted by Crippen LogP contribution is -2.35. The molecule has 2 aliphatic rings. The van der Waals surface area contributed by atoms with Crippen LogP contribution in [0.15, 0.2) is 29.2 Å². The highest BCUT2D eigenvalue weighted by molar-refractivity contribution is 7.07. The van der Waals surface area contributed by atoms with E-state index in [2.05, 4.69) is 15.0 Å². The summed E-state index contributed by atoms with van der Waals surface area (Å²) in [4.78, 5) is 33.2. The Balaban J connectivity index is 1.26. The van der Waals surface area contributed by atoms with Crippen molar-refractivity contribution in [3.8, 4) is 17.3 Å². The van der Waals surface area contributed by atoms with Crippen LogP contribution < -0.4 is 9.64 Å². The van der Waals surface area contributed by atoms with E-state index in [1.54, 1.807) is 11.6 Å². The van der Waals surface area contributed by atoms with Crippen LogP contribution in [0.3, 0.4) is 0 Å². The number of thiazole rings is 1. The highest BCUT2D eigenvalue weighted by Crippen LogP contribution is 2.34. The molecule has 172 valence electrons. The lowest BCUT2D eigenvalue weighted by molar-refractivity contribution is -0.127. The van der Waals surface area contributed by atoms with Gasteiger partial charge in [-0.3, -0.25) is 4.79 Å². The first kappa shape index (κ1) is 21.7. The maximum absolute atomic E-state index is 14.3. The van der Waals surface area contributed by atoms with Crippen molar-refractivity contribution in [2.24, 2.45) is 0 Å². The number of halogens is 1. The molecule has 0 spiro atoms. The molecule has 5 heterocycles. The van der Waals surface area contributed by atoms with Gasteiger partial charge in [-0.05, 0) is 19.8 Å². The molecule has 8 nitrogen and oxygen atoms in total. The molecule has 1 amide bonds. The number of rotatable bonds is 7. The predicted octanol–water partition coefficient (Wildman–Crippen LogP) is 3.65. The van der Waals surface area contributed by atoms with Crippen LogP contribution in [0, 0.1) is 5.95 Å². The van der Waals surface area contributed by atoms with Gasteiger partial charge in [0.2, 0.25) is 11.9 Å². The first-order valence-electron chi connectivity index (χ1n) is 11.2. The number of ether oxygens (including phenoxy) is 1. The molecule has 1 fully saturated rings. The molecule has 0 N–H and O–H groups in total. The number of likely N-dealkylation sites (tertiary alicyclic amines) is 1. The summed E-state index contributed by atoms with van der Waals surface area (Å²) in [6, 6.07) is 3.02. The Hall–Kier alpha value is -3.14. The average molecular weight is 469 g/mol. The second-order valence-corrected chi connectivity index (χ2v) is 8.98. The van der Waals surface area contributed by atoms with Crippen LogP contribution in [0.25, 0.3) is 11.5 Å². The first-order valence-corrected chi connectivity index (χ1v) is 12.1. The Labute approximate surface area is 195 Å². The number of hydrogen-bond acceptors (Lipinski definition) is 8. The highest BCUT2D eigenvalue weighted by Gasteiger charge is 2.28. The summed E-state index contributed by atoms with van der Waals surface area (Å²) in [7, 11) is 0. The zero-order valence-corrected chi connectivity index (χ0v) is 19.2. The molecule has 3 aromatic rings. The van der Waals surface area contributed by atoms with Crippen LogP contribution in [-0.4, -0.2) is 57.0 Å². The fraction of sp³-hybridized carbons (Fsp3) is 0.435. The van der Waals surface area contributed by atoms with Gasteiger partial charge in [0, 0.05) is 61.7 Å². The van der Waals surface area contributed by atoms with Crippen LogP contribution >= 0.6 is 11.3 Å². The van der Waals surface area contributed by atoms with Gasteiger partial charge in [-0.25, -0.2) is 19.9 Å². The second kappa shape index (κ2) is 9.38. The first-order chi connectivity index (χ1) is 16.1. The van der Waals surface area contributed by atoms with Crippen molar-refractivity contribution in [2.45, 2.75) is 38.6 Å². The van der Waals surface area contributed by atoms with E-state index in [0.29, 0.717) is 56.4 Å². The number of anilines is 1. The Morgan fingerprint density at radius 2 is 2.12 bits per heavy atom. The molecule has 0 saturated carbocycles. The minimum Gasteiger partial charge on any atom is -0.493 e. The third kappa shape index (κ3) is 4.66. The third-order valence-electron chi connectivity index (χ3n) is 6.13. The molecule has 5 rings (SSSR count). The quantitative estimate of drug-likeness (QED) is 0.387. The lowest BCUT2D eigenvalue weighted by Gasteiger charge is -2.35.